The van der Waals surface area contributed by atoms with Crippen LogP contribution < -0.4 is 0 Å². The molecule has 1 aliphatic rings. The number of aromatic nitrogens is 2. The first-order chi connectivity index (χ1) is 21.8. The van der Waals surface area contributed by atoms with Crippen LogP contribution in [0.25, 0.3) is 88.6 Å². The van der Waals surface area contributed by atoms with Crippen molar-refractivity contribution in [1.29, 1.82) is 0 Å². The molecule has 0 atom stereocenters. The van der Waals surface area contributed by atoms with Crippen LogP contribution in [0.1, 0.15) is 0 Å². The minimum absolute atomic E-state index is 0.742. The van der Waals surface area contributed by atoms with Crippen LogP contribution in [0.2, 0.25) is 0 Å². The molecule has 0 bridgehead atoms. The zero-order valence-electron chi connectivity index (χ0n) is 23.9. The summed E-state index contributed by atoms with van der Waals surface area (Å²) in [6, 6.07) is 51.9. The van der Waals surface area contributed by atoms with Crippen LogP contribution in [-0.4, -0.2) is 9.97 Å². The van der Waals surface area contributed by atoms with Crippen molar-refractivity contribution in [2.75, 3.05) is 0 Å². The van der Waals surface area contributed by atoms with Gasteiger partial charge in [-0.15, -0.1) is 0 Å². The second-order valence-corrected chi connectivity index (χ2v) is 11.4. The van der Waals surface area contributed by atoms with Crippen molar-refractivity contribution in [2.45, 2.75) is 0 Å². The van der Waals surface area contributed by atoms with Crippen molar-refractivity contribution in [2.24, 2.45) is 0 Å². The summed E-state index contributed by atoms with van der Waals surface area (Å²) < 4.78 is 0. The molecule has 0 spiro atoms. The van der Waals surface area contributed by atoms with Crippen LogP contribution in [0.4, 0.5) is 0 Å². The third kappa shape index (κ3) is 3.75. The molecule has 44 heavy (non-hydrogen) atoms. The van der Waals surface area contributed by atoms with Crippen LogP contribution in [0.3, 0.4) is 0 Å². The molecule has 0 unspecified atom stereocenters. The van der Waals surface area contributed by atoms with Gasteiger partial charge < -0.3 is 0 Å². The van der Waals surface area contributed by atoms with E-state index in [1.54, 1.807) is 0 Å². The Morgan fingerprint density at radius 1 is 0.318 bits per heavy atom. The molecule has 0 N–H and O–H groups in total. The maximum Gasteiger partial charge on any atom is 0.160 e. The van der Waals surface area contributed by atoms with Gasteiger partial charge in [0.15, 0.2) is 5.82 Å². The van der Waals surface area contributed by atoms with E-state index in [9.17, 15) is 0 Å². The Labute approximate surface area is 256 Å². The number of hydrogen-bond donors (Lipinski definition) is 0. The van der Waals surface area contributed by atoms with Crippen molar-refractivity contribution in [3.8, 4) is 67.0 Å². The summed E-state index contributed by atoms with van der Waals surface area (Å²) in [6.07, 6.45) is 3.95. The van der Waals surface area contributed by atoms with Crippen LogP contribution in [0.5, 0.6) is 0 Å². The average molecular weight is 559 g/mol. The predicted octanol–water partition coefficient (Wildman–Crippen LogP) is 11.1. The predicted molar refractivity (Wildman–Crippen MR) is 183 cm³/mol. The second-order valence-electron chi connectivity index (χ2n) is 11.4. The average Bonchev–Trinajstić information content (AvgIpc) is 3.44. The smallest absolute Gasteiger partial charge is 0.160 e. The minimum Gasteiger partial charge on any atom is -0.236 e. The number of rotatable bonds is 4. The lowest BCUT2D eigenvalue weighted by molar-refractivity contribution is 1.19. The van der Waals surface area contributed by atoms with Gasteiger partial charge in [-0.2, -0.15) is 0 Å². The topological polar surface area (TPSA) is 25.8 Å². The monoisotopic (exact) mass is 558 g/mol. The first kappa shape index (κ1) is 24.7. The maximum absolute atomic E-state index is 5.03. The Morgan fingerprint density at radius 2 is 0.886 bits per heavy atom. The highest BCUT2D eigenvalue weighted by atomic mass is 14.9. The zero-order chi connectivity index (χ0) is 29.0. The molecule has 0 saturated heterocycles. The Morgan fingerprint density at radius 3 is 1.61 bits per heavy atom. The molecule has 7 aromatic carbocycles. The van der Waals surface area contributed by atoms with Gasteiger partial charge in [0.05, 0.1) is 0 Å². The van der Waals surface area contributed by atoms with Gasteiger partial charge >= 0.3 is 0 Å². The molecule has 1 aliphatic carbocycles. The highest BCUT2D eigenvalue weighted by molar-refractivity contribution is 6.28. The standard InChI is InChI=1S/C42H26N2/c1-3-12-27(13-4-1)29-22-23-36-38(24-29)35-20-11-21-37-40(35)39(36)33-18-9-10-19-34(33)41(37)42-43-25-30(26-44-42)32-17-8-7-16-31(32)28-14-5-2-6-15-28/h1-26H. The van der Waals surface area contributed by atoms with E-state index in [2.05, 4.69) is 140 Å². The lowest BCUT2D eigenvalue weighted by Crippen LogP contribution is -1.94. The number of fused-ring (bicyclic) bond motifs is 5. The van der Waals surface area contributed by atoms with Crippen LogP contribution in [0, 0.1) is 0 Å². The fourth-order valence-corrected chi connectivity index (χ4v) is 6.97. The molecule has 2 heteroatoms. The molecule has 0 radical (unpaired) electrons. The second kappa shape index (κ2) is 9.86. The molecule has 8 aromatic rings. The van der Waals surface area contributed by atoms with Crippen LogP contribution in [-0.2, 0) is 0 Å². The summed E-state index contributed by atoms with van der Waals surface area (Å²) in [6.45, 7) is 0. The van der Waals surface area contributed by atoms with E-state index in [4.69, 9.17) is 9.97 Å². The van der Waals surface area contributed by atoms with Gasteiger partial charge in [0, 0.05) is 23.5 Å². The normalized spacial score (nSPS) is 11.6. The Hall–Kier alpha value is -5.86. The van der Waals surface area contributed by atoms with E-state index in [0.717, 1.165) is 22.5 Å². The molecule has 0 aliphatic heterocycles. The summed E-state index contributed by atoms with van der Waals surface area (Å²) in [4.78, 5) is 10.1. The Bertz CT molecular complexity index is 2360. The van der Waals surface area contributed by atoms with Crippen LogP contribution >= 0.6 is 0 Å². The molecule has 0 fully saturated rings. The maximum atomic E-state index is 5.03. The van der Waals surface area contributed by atoms with Gasteiger partial charge in [-0.3, -0.25) is 0 Å². The molecule has 2 nitrogen and oxygen atoms in total. The first-order valence-electron chi connectivity index (χ1n) is 15.0. The highest BCUT2D eigenvalue weighted by Gasteiger charge is 2.27. The summed E-state index contributed by atoms with van der Waals surface area (Å²) in [5.41, 5.74) is 13.2. The molecule has 204 valence electrons. The van der Waals surface area contributed by atoms with Crippen LogP contribution in [0.15, 0.2) is 158 Å². The molecule has 9 rings (SSSR count). The molecular weight excluding hydrogens is 532 g/mol. The quantitative estimate of drug-likeness (QED) is 0.201. The summed E-state index contributed by atoms with van der Waals surface area (Å²) in [7, 11) is 0. The third-order valence-corrected chi connectivity index (χ3v) is 8.93. The minimum atomic E-state index is 0.742. The van der Waals surface area contributed by atoms with E-state index in [1.165, 1.54) is 66.1 Å². The first-order valence-corrected chi connectivity index (χ1v) is 15.0. The molecule has 1 aromatic heterocycles. The van der Waals surface area contributed by atoms with Gasteiger partial charge in [0.1, 0.15) is 0 Å². The van der Waals surface area contributed by atoms with Gasteiger partial charge in [-0.25, -0.2) is 9.97 Å². The van der Waals surface area contributed by atoms with Crippen molar-refractivity contribution >= 4 is 21.5 Å². The number of nitrogens with zero attached hydrogens (tertiary/aromatic N) is 2. The third-order valence-electron chi connectivity index (χ3n) is 8.93. The highest BCUT2D eigenvalue weighted by Crippen LogP contribution is 2.53. The lowest BCUT2D eigenvalue weighted by atomic mass is 9.90. The summed E-state index contributed by atoms with van der Waals surface area (Å²) in [5, 5.41) is 4.87. The fourth-order valence-electron chi connectivity index (χ4n) is 6.97. The lowest BCUT2D eigenvalue weighted by Gasteiger charge is -2.15. The van der Waals surface area contributed by atoms with Gasteiger partial charge in [-0.05, 0) is 77.7 Å². The van der Waals surface area contributed by atoms with E-state index in [-0.39, 0.29) is 0 Å². The SMILES string of the molecule is c1ccc(-c2ccc3c(c2)-c2cccc4c(-c5ncc(-c6ccccc6-c6ccccc6)cn5)c5ccccc5c-3c24)cc1. The Kier molecular flexibility index (Phi) is 5.54. The van der Waals surface area contributed by atoms with Crippen molar-refractivity contribution in [3.05, 3.63) is 158 Å². The number of hydrogen-bond acceptors (Lipinski definition) is 2. The van der Waals surface area contributed by atoms with Crippen molar-refractivity contribution < 1.29 is 0 Å². The van der Waals surface area contributed by atoms with E-state index in [0.29, 0.717) is 0 Å². The molecule has 1 heterocycles. The van der Waals surface area contributed by atoms with Gasteiger partial charge in [-0.1, -0.05) is 140 Å². The van der Waals surface area contributed by atoms with Crippen molar-refractivity contribution in [3.63, 3.8) is 0 Å². The summed E-state index contributed by atoms with van der Waals surface area (Å²) in [5.74, 6) is 0.742. The van der Waals surface area contributed by atoms with Crippen molar-refractivity contribution in [1.82, 2.24) is 9.97 Å². The fraction of sp³-hybridized carbons (Fsp3) is 0. The van der Waals surface area contributed by atoms with E-state index >= 15 is 0 Å². The van der Waals surface area contributed by atoms with Gasteiger partial charge in [0.2, 0.25) is 0 Å². The Balaban J connectivity index is 1.24. The zero-order valence-corrected chi connectivity index (χ0v) is 23.9. The number of benzene rings is 7. The van der Waals surface area contributed by atoms with Gasteiger partial charge in [0.25, 0.3) is 0 Å². The molecule has 0 saturated carbocycles. The largest absolute Gasteiger partial charge is 0.236 e. The summed E-state index contributed by atoms with van der Waals surface area (Å²) >= 11 is 0. The molecular formula is C42H26N2. The van der Waals surface area contributed by atoms with E-state index < -0.39 is 0 Å². The molecule has 0 amide bonds. The van der Waals surface area contributed by atoms with E-state index in [1.807, 2.05) is 18.5 Å².